The lowest BCUT2D eigenvalue weighted by Gasteiger charge is -2.31. The number of benzene rings is 1. The molecule has 0 aromatic heterocycles. The highest BCUT2D eigenvalue weighted by atomic mass is 32.2. The molecule has 0 N–H and O–H groups in total. The van der Waals surface area contributed by atoms with Gasteiger partial charge in [0.15, 0.2) is 0 Å². The van der Waals surface area contributed by atoms with Crippen molar-refractivity contribution in [2.24, 2.45) is 0 Å². The van der Waals surface area contributed by atoms with Crippen LogP contribution in [0, 0.1) is 0 Å². The summed E-state index contributed by atoms with van der Waals surface area (Å²) in [4.78, 5) is 2.31. The Kier molecular flexibility index (Phi) is 4.37. The Morgan fingerprint density at radius 1 is 1.28 bits per heavy atom. The summed E-state index contributed by atoms with van der Waals surface area (Å²) in [5, 5.41) is 0. The summed E-state index contributed by atoms with van der Waals surface area (Å²) in [6, 6.07) is 9.53. The van der Waals surface area contributed by atoms with Crippen LogP contribution in [0.3, 0.4) is 0 Å². The lowest BCUT2D eigenvalue weighted by Crippen LogP contribution is -2.38. The third-order valence-corrected chi connectivity index (χ3v) is 3.70. The monoisotopic (exact) mass is 269 g/mol. The maximum Gasteiger partial charge on any atom is 0.264 e. The van der Waals surface area contributed by atoms with Gasteiger partial charge < -0.3 is 4.90 Å². The summed E-state index contributed by atoms with van der Waals surface area (Å²) < 4.78 is 27.8. The molecule has 0 aliphatic carbocycles. The van der Waals surface area contributed by atoms with Crippen molar-refractivity contribution in [3.05, 3.63) is 35.9 Å². The molecule has 1 aliphatic rings. The third-order valence-electron chi connectivity index (χ3n) is 3.12. The molecule has 1 aromatic carbocycles. The summed E-state index contributed by atoms with van der Waals surface area (Å²) in [5.74, 6) is 0. The van der Waals surface area contributed by atoms with Crippen LogP contribution < -0.4 is 0 Å². The zero-order chi connectivity index (χ0) is 13.0. The average Bonchev–Trinajstić information content (AvgIpc) is 2.25. The molecular formula is C13H19NO3S. The Bertz CT molecular complexity index is 468. The Balaban J connectivity index is 2.02. The quantitative estimate of drug-likeness (QED) is 0.739. The molecule has 0 saturated carbocycles. The van der Waals surface area contributed by atoms with E-state index in [2.05, 4.69) is 4.90 Å². The van der Waals surface area contributed by atoms with Crippen molar-refractivity contribution in [2.75, 3.05) is 25.9 Å². The van der Waals surface area contributed by atoms with Gasteiger partial charge in [0, 0.05) is 6.54 Å². The van der Waals surface area contributed by atoms with Crippen LogP contribution in [-0.4, -0.2) is 39.2 Å². The Labute approximate surface area is 109 Å². The lowest BCUT2D eigenvalue weighted by molar-refractivity contribution is 0.134. The number of likely N-dealkylation sites (tertiary alicyclic amines) is 1. The molecule has 1 heterocycles. The predicted molar refractivity (Wildman–Crippen MR) is 70.8 cm³/mol. The molecule has 1 saturated heterocycles. The fraction of sp³-hybridized carbons (Fsp3) is 0.538. The summed E-state index contributed by atoms with van der Waals surface area (Å²) in [6.45, 7) is 3.11. The average molecular weight is 269 g/mol. The molecule has 1 fully saturated rings. The standard InChI is InChI=1S/C13H19NO3S/c1-18(15,16)17-13(8-11-14-9-5-10-14)12-6-3-2-4-7-12/h2-4,6-7,13H,5,8-11H2,1H3. The van der Waals surface area contributed by atoms with Crippen molar-refractivity contribution < 1.29 is 12.6 Å². The second-order valence-electron chi connectivity index (χ2n) is 4.68. The van der Waals surface area contributed by atoms with E-state index in [4.69, 9.17) is 4.18 Å². The van der Waals surface area contributed by atoms with Gasteiger partial charge in [-0.2, -0.15) is 8.42 Å². The largest absolute Gasteiger partial charge is 0.303 e. The van der Waals surface area contributed by atoms with Gasteiger partial charge in [0.25, 0.3) is 10.1 Å². The molecule has 0 spiro atoms. The highest BCUT2D eigenvalue weighted by Crippen LogP contribution is 2.24. The summed E-state index contributed by atoms with van der Waals surface area (Å²) >= 11 is 0. The van der Waals surface area contributed by atoms with Crippen LogP contribution in [0.4, 0.5) is 0 Å². The van der Waals surface area contributed by atoms with E-state index in [-0.39, 0.29) is 6.10 Å². The van der Waals surface area contributed by atoms with Crippen molar-refractivity contribution in [1.29, 1.82) is 0 Å². The molecule has 100 valence electrons. The van der Waals surface area contributed by atoms with Gasteiger partial charge in [-0.3, -0.25) is 4.18 Å². The van der Waals surface area contributed by atoms with Gasteiger partial charge in [-0.1, -0.05) is 30.3 Å². The normalized spacial score (nSPS) is 18.3. The second-order valence-corrected chi connectivity index (χ2v) is 6.28. The first-order valence-electron chi connectivity index (χ1n) is 6.20. The fourth-order valence-corrected chi connectivity index (χ4v) is 2.68. The first-order valence-corrected chi connectivity index (χ1v) is 8.02. The number of hydrogen-bond donors (Lipinski definition) is 0. The van der Waals surface area contributed by atoms with Gasteiger partial charge in [0.1, 0.15) is 6.10 Å². The van der Waals surface area contributed by atoms with Crippen molar-refractivity contribution in [3.8, 4) is 0 Å². The minimum atomic E-state index is -3.43. The molecule has 1 unspecified atom stereocenters. The van der Waals surface area contributed by atoms with Crippen molar-refractivity contribution >= 4 is 10.1 Å². The summed E-state index contributed by atoms with van der Waals surface area (Å²) in [7, 11) is -3.43. The van der Waals surface area contributed by atoms with Gasteiger partial charge >= 0.3 is 0 Å². The van der Waals surface area contributed by atoms with Crippen molar-refractivity contribution in [3.63, 3.8) is 0 Å². The van der Waals surface area contributed by atoms with E-state index < -0.39 is 10.1 Å². The van der Waals surface area contributed by atoms with Crippen LogP contribution in [0.15, 0.2) is 30.3 Å². The molecule has 0 bridgehead atoms. The Hall–Kier alpha value is -0.910. The van der Waals surface area contributed by atoms with E-state index in [1.165, 1.54) is 6.42 Å². The van der Waals surface area contributed by atoms with E-state index in [0.717, 1.165) is 31.5 Å². The van der Waals surface area contributed by atoms with E-state index in [0.29, 0.717) is 6.42 Å². The van der Waals surface area contributed by atoms with Crippen LogP contribution in [0.2, 0.25) is 0 Å². The van der Waals surface area contributed by atoms with Crippen LogP contribution in [-0.2, 0) is 14.3 Å². The van der Waals surface area contributed by atoms with Crippen LogP contribution in [0.25, 0.3) is 0 Å². The molecule has 18 heavy (non-hydrogen) atoms. The molecule has 0 radical (unpaired) electrons. The van der Waals surface area contributed by atoms with Crippen molar-refractivity contribution in [1.82, 2.24) is 4.90 Å². The van der Waals surface area contributed by atoms with Crippen LogP contribution >= 0.6 is 0 Å². The molecule has 2 rings (SSSR count). The zero-order valence-electron chi connectivity index (χ0n) is 10.6. The van der Waals surface area contributed by atoms with Crippen LogP contribution in [0.1, 0.15) is 24.5 Å². The summed E-state index contributed by atoms with van der Waals surface area (Å²) in [5.41, 5.74) is 0.920. The molecule has 1 atom stereocenters. The Morgan fingerprint density at radius 2 is 1.94 bits per heavy atom. The lowest BCUT2D eigenvalue weighted by atomic mass is 10.1. The number of rotatable bonds is 6. The number of nitrogens with zero attached hydrogens (tertiary/aromatic N) is 1. The first-order chi connectivity index (χ1) is 8.54. The fourth-order valence-electron chi connectivity index (χ4n) is 2.05. The molecule has 5 heteroatoms. The summed E-state index contributed by atoms with van der Waals surface area (Å²) in [6.07, 6.45) is 2.67. The Morgan fingerprint density at radius 3 is 2.44 bits per heavy atom. The molecule has 4 nitrogen and oxygen atoms in total. The van der Waals surface area contributed by atoms with Gasteiger partial charge in [-0.05, 0) is 31.5 Å². The maximum atomic E-state index is 11.3. The molecule has 1 aliphatic heterocycles. The van der Waals surface area contributed by atoms with Gasteiger partial charge in [-0.25, -0.2) is 0 Å². The van der Waals surface area contributed by atoms with E-state index in [1.54, 1.807) is 0 Å². The first kappa shape index (κ1) is 13.5. The predicted octanol–water partition coefficient (Wildman–Crippen LogP) is 1.80. The molecular weight excluding hydrogens is 250 g/mol. The van der Waals surface area contributed by atoms with E-state index >= 15 is 0 Å². The van der Waals surface area contributed by atoms with Crippen LogP contribution in [0.5, 0.6) is 0 Å². The molecule has 1 aromatic rings. The topological polar surface area (TPSA) is 46.6 Å². The van der Waals surface area contributed by atoms with Gasteiger partial charge in [-0.15, -0.1) is 0 Å². The second kappa shape index (κ2) is 5.82. The SMILES string of the molecule is CS(=O)(=O)OC(CCN1CCC1)c1ccccc1. The van der Waals surface area contributed by atoms with Crippen molar-refractivity contribution in [2.45, 2.75) is 18.9 Å². The highest BCUT2D eigenvalue weighted by molar-refractivity contribution is 7.86. The smallest absolute Gasteiger partial charge is 0.264 e. The minimum Gasteiger partial charge on any atom is -0.303 e. The van der Waals surface area contributed by atoms with Gasteiger partial charge in [0.05, 0.1) is 6.26 Å². The third kappa shape index (κ3) is 4.08. The highest BCUT2D eigenvalue weighted by Gasteiger charge is 2.20. The molecule has 0 amide bonds. The maximum absolute atomic E-state index is 11.3. The van der Waals surface area contributed by atoms with E-state index in [1.807, 2.05) is 30.3 Å². The van der Waals surface area contributed by atoms with Gasteiger partial charge in [0.2, 0.25) is 0 Å². The number of hydrogen-bond acceptors (Lipinski definition) is 4. The minimum absolute atomic E-state index is 0.373. The zero-order valence-corrected chi connectivity index (χ0v) is 11.4. The van der Waals surface area contributed by atoms with E-state index in [9.17, 15) is 8.42 Å².